The van der Waals surface area contributed by atoms with Crippen molar-refractivity contribution >= 4 is 23.4 Å². The van der Waals surface area contributed by atoms with Gasteiger partial charge in [-0.15, -0.1) is 0 Å². The minimum Gasteiger partial charge on any atom is -0.497 e. The molecule has 1 aliphatic rings. The highest BCUT2D eigenvalue weighted by Gasteiger charge is 2.40. The minimum atomic E-state index is -0.602. The van der Waals surface area contributed by atoms with Crippen LogP contribution in [0, 0.1) is 11.3 Å². The van der Waals surface area contributed by atoms with Crippen LogP contribution in [-0.2, 0) is 4.79 Å². The first-order valence-electron chi connectivity index (χ1n) is 13.2. The van der Waals surface area contributed by atoms with E-state index in [1.54, 1.807) is 13.2 Å². The van der Waals surface area contributed by atoms with Gasteiger partial charge in [0.15, 0.2) is 0 Å². The first-order chi connectivity index (χ1) is 18.1. The van der Waals surface area contributed by atoms with E-state index >= 15 is 0 Å². The summed E-state index contributed by atoms with van der Waals surface area (Å²) in [6, 6.07) is 22.6. The number of hydrogen-bond donors (Lipinski definition) is 1. The number of halogens is 1. The van der Waals surface area contributed by atoms with Crippen molar-refractivity contribution in [3.8, 4) is 16.9 Å². The maximum atomic E-state index is 13.7. The number of nitrogens with zero attached hydrogens (tertiary/aromatic N) is 1. The first-order valence-corrected chi connectivity index (χ1v) is 13.6. The van der Waals surface area contributed by atoms with Crippen molar-refractivity contribution in [2.45, 2.75) is 46.1 Å². The van der Waals surface area contributed by atoms with E-state index in [1.807, 2.05) is 73.3 Å². The van der Waals surface area contributed by atoms with E-state index in [0.29, 0.717) is 24.6 Å². The normalized spacial score (nSPS) is 17.7. The Morgan fingerprint density at radius 3 is 2.29 bits per heavy atom. The van der Waals surface area contributed by atoms with Gasteiger partial charge in [0.2, 0.25) is 5.91 Å². The SMILES string of the molecule is COc1ccc(-c2cccc(C(=O)N[C@@H](C(=O)N3CC[C@H](c4ccc(Cl)cc4)C(C)(C)C3)C(C)C)c2)cc1. The first kappa shape index (κ1) is 27.7. The van der Waals surface area contributed by atoms with Crippen LogP contribution < -0.4 is 10.1 Å². The second kappa shape index (κ2) is 11.6. The van der Waals surface area contributed by atoms with Gasteiger partial charge in [-0.3, -0.25) is 9.59 Å². The molecular formula is C32H37ClN2O3. The molecule has 1 saturated heterocycles. The van der Waals surface area contributed by atoms with E-state index in [4.69, 9.17) is 16.3 Å². The summed E-state index contributed by atoms with van der Waals surface area (Å²) in [4.78, 5) is 28.9. The fourth-order valence-electron chi connectivity index (χ4n) is 5.42. The van der Waals surface area contributed by atoms with Crippen LogP contribution in [0.2, 0.25) is 5.02 Å². The van der Waals surface area contributed by atoms with Gasteiger partial charge in [0.05, 0.1) is 7.11 Å². The second-order valence-corrected chi connectivity index (χ2v) is 11.6. The highest BCUT2D eigenvalue weighted by atomic mass is 35.5. The Morgan fingerprint density at radius 1 is 1.00 bits per heavy atom. The molecular weight excluding hydrogens is 496 g/mol. The van der Waals surface area contributed by atoms with Gasteiger partial charge in [-0.2, -0.15) is 0 Å². The fraction of sp³-hybridized carbons (Fsp3) is 0.375. The number of nitrogens with one attached hydrogen (secondary N) is 1. The Labute approximate surface area is 231 Å². The molecule has 2 amide bonds. The Hall–Kier alpha value is -3.31. The largest absolute Gasteiger partial charge is 0.497 e. The van der Waals surface area contributed by atoms with Crippen molar-refractivity contribution < 1.29 is 14.3 Å². The van der Waals surface area contributed by atoms with Gasteiger partial charge in [-0.05, 0) is 76.8 Å². The van der Waals surface area contributed by atoms with Crippen LogP contribution in [0.1, 0.15) is 56.0 Å². The number of hydrogen-bond acceptors (Lipinski definition) is 3. The van der Waals surface area contributed by atoms with Crippen molar-refractivity contribution in [2.75, 3.05) is 20.2 Å². The Morgan fingerprint density at radius 2 is 1.68 bits per heavy atom. The Kier molecular flexibility index (Phi) is 8.47. The second-order valence-electron chi connectivity index (χ2n) is 11.1. The van der Waals surface area contributed by atoms with Crippen molar-refractivity contribution in [2.24, 2.45) is 11.3 Å². The summed E-state index contributed by atoms with van der Waals surface area (Å²) in [5, 5.41) is 3.76. The van der Waals surface area contributed by atoms with Gasteiger partial charge in [0, 0.05) is 23.7 Å². The van der Waals surface area contributed by atoms with Crippen LogP contribution in [-0.4, -0.2) is 43.0 Å². The van der Waals surface area contributed by atoms with Crippen molar-refractivity contribution in [3.63, 3.8) is 0 Å². The van der Waals surface area contributed by atoms with E-state index in [1.165, 1.54) is 5.56 Å². The van der Waals surface area contributed by atoms with E-state index < -0.39 is 6.04 Å². The van der Waals surface area contributed by atoms with Crippen molar-refractivity contribution in [3.05, 3.63) is 88.9 Å². The highest BCUT2D eigenvalue weighted by Crippen LogP contribution is 2.42. The van der Waals surface area contributed by atoms with Crippen LogP contribution >= 0.6 is 11.6 Å². The van der Waals surface area contributed by atoms with Crippen LogP contribution in [0.3, 0.4) is 0 Å². The zero-order chi connectivity index (χ0) is 27.4. The zero-order valence-electron chi connectivity index (χ0n) is 22.8. The summed E-state index contributed by atoms with van der Waals surface area (Å²) in [7, 11) is 1.63. The molecule has 0 radical (unpaired) electrons. The van der Waals surface area contributed by atoms with Gasteiger partial charge >= 0.3 is 0 Å². The molecule has 38 heavy (non-hydrogen) atoms. The number of piperidine rings is 1. The Bertz CT molecular complexity index is 1270. The molecule has 2 atom stereocenters. The summed E-state index contributed by atoms with van der Waals surface area (Å²) in [6.45, 7) is 9.65. The van der Waals surface area contributed by atoms with Crippen molar-refractivity contribution in [1.82, 2.24) is 10.2 Å². The van der Waals surface area contributed by atoms with E-state index in [0.717, 1.165) is 28.3 Å². The summed E-state index contributed by atoms with van der Waals surface area (Å²) < 4.78 is 5.25. The van der Waals surface area contributed by atoms with Gasteiger partial charge in [-0.1, -0.05) is 75.7 Å². The lowest BCUT2D eigenvalue weighted by Crippen LogP contribution is -2.55. The molecule has 3 aromatic rings. The summed E-state index contributed by atoms with van der Waals surface area (Å²) in [5.74, 6) is 0.788. The maximum Gasteiger partial charge on any atom is 0.251 e. The quantitative estimate of drug-likeness (QED) is 0.363. The average Bonchev–Trinajstić information content (AvgIpc) is 2.91. The predicted molar refractivity (Wildman–Crippen MR) is 154 cm³/mol. The minimum absolute atomic E-state index is 0.0257. The smallest absolute Gasteiger partial charge is 0.251 e. The van der Waals surface area contributed by atoms with Crippen molar-refractivity contribution in [1.29, 1.82) is 0 Å². The lowest BCUT2D eigenvalue weighted by Gasteiger charge is -2.45. The summed E-state index contributed by atoms with van der Waals surface area (Å²) >= 11 is 6.10. The number of amides is 2. The molecule has 1 heterocycles. The number of rotatable bonds is 7. The number of methoxy groups -OCH3 is 1. The predicted octanol–water partition coefficient (Wildman–Crippen LogP) is 6.81. The van der Waals surface area contributed by atoms with Gasteiger partial charge < -0.3 is 15.0 Å². The van der Waals surface area contributed by atoms with Crippen LogP contribution in [0.25, 0.3) is 11.1 Å². The Balaban J connectivity index is 1.47. The molecule has 0 saturated carbocycles. The standard InChI is InChI=1S/C32H37ClN2O3/c1-21(2)29(31(37)35-18-17-28(32(3,4)20-35)23-9-13-26(33)14-10-23)34-30(36)25-8-6-7-24(19-25)22-11-15-27(38-5)16-12-22/h6-16,19,21,28-29H,17-18,20H2,1-5H3,(H,34,36)/t28-,29-/m1/s1. The van der Waals surface area contributed by atoms with Crippen LogP contribution in [0.15, 0.2) is 72.8 Å². The van der Waals surface area contributed by atoms with E-state index in [9.17, 15) is 9.59 Å². The molecule has 4 rings (SSSR count). The summed E-state index contributed by atoms with van der Waals surface area (Å²) in [6.07, 6.45) is 0.864. The molecule has 0 bridgehead atoms. The van der Waals surface area contributed by atoms with Gasteiger partial charge in [0.1, 0.15) is 11.8 Å². The lowest BCUT2D eigenvalue weighted by atomic mass is 9.70. The van der Waals surface area contributed by atoms with Crippen LogP contribution in [0.4, 0.5) is 0 Å². The monoisotopic (exact) mass is 532 g/mol. The third-order valence-corrected chi connectivity index (χ3v) is 7.83. The topological polar surface area (TPSA) is 58.6 Å². The molecule has 3 aromatic carbocycles. The maximum absolute atomic E-state index is 13.7. The third kappa shape index (κ3) is 6.21. The number of benzene rings is 3. The van der Waals surface area contributed by atoms with Gasteiger partial charge in [0.25, 0.3) is 5.91 Å². The fourth-order valence-corrected chi connectivity index (χ4v) is 5.54. The van der Waals surface area contributed by atoms with E-state index in [2.05, 4.69) is 31.3 Å². The average molecular weight is 533 g/mol. The van der Waals surface area contributed by atoms with Gasteiger partial charge in [-0.25, -0.2) is 0 Å². The number of likely N-dealkylation sites (tertiary alicyclic amines) is 1. The molecule has 1 fully saturated rings. The number of ether oxygens (including phenoxy) is 1. The third-order valence-electron chi connectivity index (χ3n) is 7.58. The molecule has 200 valence electrons. The molecule has 0 aliphatic carbocycles. The van der Waals surface area contributed by atoms with Crippen LogP contribution in [0.5, 0.6) is 5.75 Å². The number of carbonyl (C=O) groups excluding carboxylic acids is 2. The molecule has 5 nitrogen and oxygen atoms in total. The molecule has 6 heteroatoms. The molecule has 0 unspecified atom stereocenters. The zero-order valence-corrected chi connectivity index (χ0v) is 23.6. The summed E-state index contributed by atoms with van der Waals surface area (Å²) in [5.41, 5.74) is 3.58. The molecule has 1 N–H and O–H groups in total. The molecule has 0 aromatic heterocycles. The highest BCUT2D eigenvalue weighted by molar-refractivity contribution is 6.30. The van der Waals surface area contributed by atoms with E-state index in [-0.39, 0.29) is 23.1 Å². The number of carbonyl (C=O) groups is 2. The lowest BCUT2D eigenvalue weighted by molar-refractivity contribution is -0.137. The molecule has 1 aliphatic heterocycles. The molecule has 0 spiro atoms.